The number of aromatic nitrogens is 4. The van der Waals surface area contributed by atoms with Crippen LogP contribution in [-0.2, 0) is 9.53 Å². The fourth-order valence-corrected chi connectivity index (χ4v) is 3.05. The SMILES string of the molecule is COC(=O)C1=C(C(=O)c2ccccc2)C(c2ccccc2)Nc2nnnn21. The van der Waals surface area contributed by atoms with Crippen molar-refractivity contribution in [2.45, 2.75) is 6.04 Å². The summed E-state index contributed by atoms with van der Waals surface area (Å²) in [6, 6.07) is 17.5. The largest absolute Gasteiger partial charge is 0.464 e. The van der Waals surface area contributed by atoms with Gasteiger partial charge in [0.25, 0.3) is 0 Å². The van der Waals surface area contributed by atoms with E-state index < -0.39 is 12.0 Å². The lowest BCUT2D eigenvalue weighted by Crippen LogP contribution is -2.31. The van der Waals surface area contributed by atoms with E-state index in [9.17, 15) is 9.59 Å². The highest BCUT2D eigenvalue weighted by Gasteiger charge is 2.38. The van der Waals surface area contributed by atoms with Crippen molar-refractivity contribution >= 4 is 23.4 Å². The Hall–Kier alpha value is -3.81. The van der Waals surface area contributed by atoms with Crippen LogP contribution in [0.25, 0.3) is 5.70 Å². The van der Waals surface area contributed by atoms with E-state index in [1.807, 2.05) is 36.4 Å². The van der Waals surface area contributed by atoms with Gasteiger partial charge in [-0.15, -0.1) is 0 Å². The van der Waals surface area contributed by atoms with Crippen molar-refractivity contribution in [1.82, 2.24) is 20.2 Å². The van der Waals surface area contributed by atoms with Gasteiger partial charge in [-0.05, 0) is 16.0 Å². The lowest BCUT2D eigenvalue weighted by molar-refractivity contribution is -0.134. The highest BCUT2D eigenvalue weighted by Crippen LogP contribution is 2.36. The lowest BCUT2D eigenvalue weighted by Gasteiger charge is -2.28. The molecule has 2 aromatic carbocycles. The van der Waals surface area contributed by atoms with E-state index >= 15 is 0 Å². The van der Waals surface area contributed by atoms with Gasteiger partial charge in [0.05, 0.1) is 18.7 Å². The van der Waals surface area contributed by atoms with Gasteiger partial charge in [0.15, 0.2) is 11.5 Å². The summed E-state index contributed by atoms with van der Waals surface area (Å²) in [5.74, 6) is -0.738. The van der Waals surface area contributed by atoms with Crippen molar-refractivity contribution in [3.05, 3.63) is 77.4 Å². The Morgan fingerprint density at radius 2 is 1.70 bits per heavy atom. The number of fused-ring (bicyclic) bond motifs is 1. The molecule has 0 spiro atoms. The number of methoxy groups -OCH3 is 1. The van der Waals surface area contributed by atoms with E-state index in [0.717, 1.165) is 5.56 Å². The lowest BCUT2D eigenvalue weighted by atomic mass is 9.89. The van der Waals surface area contributed by atoms with E-state index in [-0.39, 0.29) is 23.0 Å². The molecule has 1 aromatic heterocycles. The highest BCUT2D eigenvalue weighted by molar-refractivity contribution is 6.24. The van der Waals surface area contributed by atoms with Crippen LogP contribution < -0.4 is 5.32 Å². The first kappa shape index (κ1) is 16.6. The molecule has 27 heavy (non-hydrogen) atoms. The van der Waals surface area contributed by atoms with Gasteiger partial charge in [-0.25, -0.2) is 4.79 Å². The Morgan fingerprint density at radius 3 is 2.37 bits per heavy atom. The molecule has 8 heteroatoms. The van der Waals surface area contributed by atoms with Gasteiger partial charge in [0.2, 0.25) is 5.95 Å². The smallest absolute Gasteiger partial charge is 0.357 e. The molecule has 3 aromatic rings. The molecule has 8 nitrogen and oxygen atoms in total. The van der Waals surface area contributed by atoms with Crippen LogP contribution in [0.1, 0.15) is 22.0 Å². The first-order valence-corrected chi connectivity index (χ1v) is 8.23. The second-order valence-electron chi connectivity index (χ2n) is 5.85. The number of nitrogens with one attached hydrogen (secondary N) is 1. The molecule has 0 radical (unpaired) electrons. The van der Waals surface area contributed by atoms with Gasteiger partial charge in [-0.3, -0.25) is 4.79 Å². The Bertz CT molecular complexity index is 1030. The van der Waals surface area contributed by atoms with Gasteiger partial charge in [-0.2, -0.15) is 4.68 Å². The minimum atomic E-state index is -0.690. The number of rotatable bonds is 4. The molecule has 1 aliphatic rings. The quantitative estimate of drug-likeness (QED) is 0.561. The Morgan fingerprint density at radius 1 is 1.04 bits per heavy atom. The number of Topliss-reactive ketones (excluding diaryl/α,β-unsaturated/α-hetero) is 1. The number of carbonyl (C=O) groups is 2. The van der Waals surface area contributed by atoms with Crippen molar-refractivity contribution in [3.63, 3.8) is 0 Å². The molecule has 2 heterocycles. The van der Waals surface area contributed by atoms with Gasteiger partial charge in [0.1, 0.15) is 0 Å². The van der Waals surface area contributed by atoms with Gasteiger partial charge >= 0.3 is 5.97 Å². The minimum absolute atomic E-state index is 0.000967. The summed E-state index contributed by atoms with van der Waals surface area (Å²) in [5, 5.41) is 14.5. The van der Waals surface area contributed by atoms with Crippen LogP contribution in [0.15, 0.2) is 66.2 Å². The average Bonchev–Trinajstić information content (AvgIpc) is 3.21. The summed E-state index contributed by atoms with van der Waals surface area (Å²) in [4.78, 5) is 25.9. The maximum atomic E-state index is 13.4. The molecule has 0 saturated carbocycles. The molecule has 1 N–H and O–H groups in total. The normalized spacial score (nSPS) is 15.7. The van der Waals surface area contributed by atoms with Crippen molar-refractivity contribution in [2.24, 2.45) is 0 Å². The molecular formula is C19H15N5O3. The second kappa shape index (κ2) is 6.83. The predicted octanol–water partition coefficient (Wildman–Crippen LogP) is 2.11. The molecule has 0 saturated heterocycles. The summed E-state index contributed by atoms with van der Waals surface area (Å²) < 4.78 is 6.12. The van der Waals surface area contributed by atoms with Crippen LogP contribution in [0.4, 0.5) is 5.95 Å². The second-order valence-corrected chi connectivity index (χ2v) is 5.85. The van der Waals surface area contributed by atoms with Crippen molar-refractivity contribution in [1.29, 1.82) is 0 Å². The summed E-state index contributed by atoms with van der Waals surface area (Å²) in [6.45, 7) is 0. The molecule has 1 aliphatic heterocycles. The van der Waals surface area contributed by atoms with Gasteiger partial charge in [0, 0.05) is 5.56 Å². The third-order valence-electron chi connectivity index (χ3n) is 4.29. The maximum Gasteiger partial charge on any atom is 0.357 e. The summed E-state index contributed by atoms with van der Waals surface area (Å²) in [6.07, 6.45) is 0. The van der Waals surface area contributed by atoms with Gasteiger partial charge < -0.3 is 10.1 Å². The standard InChI is InChI=1S/C19H15N5O3/c1-27-18(26)16-14(17(25)13-10-6-3-7-11-13)15(12-8-4-2-5-9-12)20-19-21-22-23-24(16)19/h2-11,15H,1H3,(H,20,21,23). The molecule has 4 rings (SSSR count). The average molecular weight is 361 g/mol. The predicted molar refractivity (Wildman–Crippen MR) is 96.6 cm³/mol. The number of anilines is 1. The summed E-state index contributed by atoms with van der Waals surface area (Å²) in [5.41, 5.74) is 1.47. The van der Waals surface area contributed by atoms with E-state index in [0.29, 0.717) is 5.56 Å². The number of esters is 1. The molecular weight excluding hydrogens is 346 g/mol. The zero-order chi connectivity index (χ0) is 18.8. The fourth-order valence-electron chi connectivity index (χ4n) is 3.05. The van der Waals surface area contributed by atoms with Crippen molar-refractivity contribution < 1.29 is 14.3 Å². The number of hydrogen-bond acceptors (Lipinski definition) is 7. The highest BCUT2D eigenvalue weighted by atomic mass is 16.5. The van der Waals surface area contributed by atoms with Crippen LogP contribution in [0.3, 0.4) is 0 Å². The minimum Gasteiger partial charge on any atom is -0.464 e. The number of ketones is 1. The summed E-state index contributed by atoms with van der Waals surface area (Å²) >= 11 is 0. The number of benzene rings is 2. The van der Waals surface area contributed by atoms with Crippen LogP contribution in [0, 0.1) is 0 Å². The molecule has 0 bridgehead atoms. The van der Waals surface area contributed by atoms with E-state index in [2.05, 4.69) is 20.8 Å². The van der Waals surface area contributed by atoms with E-state index in [1.54, 1.807) is 24.3 Å². The Labute approximate surface area is 154 Å². The molecule has 0 amide bonds. The zero-order valence-electron chi connectivity index (χ0n) is 14.4. The molecule has 0 aliphatic carbocycles. The van der Waals surface area contributed by atoms with Gasteiger partial charge in [-0.1, -0.05) is 65.8 Å². The number of ether oxygens (including phenoxy) is 1. The first-order valence-electron chi connectivity index (χ1n) is 8.23. The molecule has 0 fully saturated rings. The monoisotopic (exact) mass is 361 g/mol. The van der Waals surface area contributed by atoms with Crippen LogP contribution in [0.5, 0.6) is 0 Å². The Balaban J connectivity index is 1.97. The van der Waals surface area contributed by atoms with E-state index in [1.165, 1.54) is 11.8 Å². The third kappa shape index (κ3) is 2.86. The first-order chi connectivity index (χ1) is 13.2. The topological polar surface area (TPSA) is 99.0 Å². The number of tetrazole rings is 1. The van der Waals surface area contributed by atoms with Crippen LogP contribution in [-0.4, -0.2) is 39.1 Å². The maximum absolute atomic E-state index is 13.4. The van der Waals surface area contributed by atoms with Crippen LogP contribution in [0.2, 0.25) is 0 Å². The Kier molecular flexibility index (Phi) is 4.21. The third-order valence-corrected chi connectivity index (χ3v) is 4.29. The molecule has 1 unspecified atom stereocenters. The van der Waals surface area contributed by atoms with Crippen molar-refractivity contribution in [2.75, 3.05) is 12.4 Å². The number of nitrogens with zero attached hydrogens (tertiary/aromatic N) is 4. The zero-order valence-corrected chi connectivity index (χ0v) is 14.4. The number of hydrogen-bond donors (Lipinski definition) is 1. The van der Waals surface area contributed by atoms with Crippen molar-refractivity contribution in [3.8, 4) is 0 Å². The number of carbonyl (C=O) groups excluding carboxylic acids is 2. The molecule has 1 atom stereocenters. The van der Waals surface area contributed by atoms with E-state index in [4.69, 9.17) is 4.74 Å². The molecule has 134 valence electrons. The van der Waals surface area contributed by atoms with Crippen LogP contribution >= 0.6 is 0 Å². The summed E-state index contributed by atoms with van der Waals surface area (Å²) in [7, 11) is 1.25. The fraction of sp³-hybridized carbons (Fsp3) is 0.105.